The molecule has 33 heavy (non-hydrogen) atoms. The fraction of sp³-hybridized carbons (Fsp3) is 0.217. The zero-order valence-corrected chi connectivity index (χ0v) is 19.2. The van der Waals surface area contributed by atoms with Gasteiger partial charge in [-0.05, 0) is 50.6 Å². The summed E-state index contributed by atoms with van der Waals surface area (Å²) in [5, 5.41) is 7.67. The first-order chi connectivity index (χ1) is 15.7. The Bertz CT molecular complexity index is 1380. The Kier molecular flexibility index (Phi) is 5.96. The Morgan fingerprint density at radius 1 is 0.879 bits per heavy atom. The molecule has 1 atom stereocenters. The SMILES string of the molecule is CC(C)S(=O)(=O)c1ccc(-c2cnc(N)c(-c3nnc(-c4ccc([C@@H](C)N)cc4)o3)n2)cc1. The lowest BCUT2D eigenvalue weighted by Crippen LogP contribution is -2.13. The van der Waals surface area contributed by atoms with Crippen LogP contribution in [0.1, 0.15) is 32.4 Å². The van der Waals surface area contributed by atoms with Gasteiger partial charge >= 0.3 is 0 Å². The lowest BCUT2D eigenvalue weighted by molar-refractivity contribution is 0.582. The highest BCUT2D eigenvalue weighted by Crippen LogP contribution is 2.29. The number of nitrogen functional groups attached to an aromatic ring is 1. The molecule has 0 aliphatic rings. The first-order valence-electron chi connectivity index (χ1n) is 10.3. The zero-order valence-electron chi connectivity index (χ0n) is 18.4. The molecule has 0 unspecified atom stereocenters. The Labute approximate surface area is 191 Å². The van der Waals surface area contributed by atoms with Gasteiger partial charge in [0.1, 0.15) is 0 Å². The lowest BCUT2D eigenvalue weighted by Gasteiger charge is -2.09. The van der Waals surface area contributed by atoms with Crippen LogP contribution in [0.5, 0.6) is 0 Å². The fourth-order valence-electron chi connectivity index (χ4n) is 3.15. The van der Waals surface area contributed by atoms with Crippen molar-refractivity contribution in [3.8, 4) is 34.3 Å². The fourth-order valence-corrected chi connectivity index (χ4v) is 4.21. The van der Waals surface area contributed by atoms with Crippen LogP contribution in [0.3, 0.4) is 0 Å². The average molecular weight is 465 g/mol. The van der Waals surface area contributed by atoms with Crippen LogP contribution in [0.15, 0.2) is 64.0 Å². The maximum atomic E-state index is 12.4. The van der Waals surface area contributed by atoms with Crippen molar-refractivity contribution in [3.63, 3.8) is 0 Å². The molecule has 9 nitrogen and oxygen atoms in total. The van der Waals surface area contributed by atoms with Gasteiger partial charge in [-0.2, -0.15) is 0 Å². The van der Waals surface area contributed by atoms with Crippen LogP contribution in [-0.4, -0.2) is 33.8 Å². The summed E-state index contributed by atoms with van der Waals surface area (Å²) in [7, 11) is -3.36. The van der Waals surface area contributed by atoms with E-state index in [1.165, 1.54) is 6.20 Å². The number of aromatic nitrogens is 4. The summed E-state index contributed by atoms with van der Waals surface area (Å²) >= 11 is 0. The molecule has 0 bridgehead atoms. The number of benzene rings is 2. The van der Waals surface area contributed by atoms with Gasteiger partial charge < -0.3 is 15.9 Å². The van der Waals surface area contributed by atoms with Crippen molar-refractivity contribution in [3.05, 3.63) is 60.3 Å². The summed E-state index contributed by atoms with van der Waals surface area (Å²) in [4.78, 5) is 8.99. The van der Waals surface area contributed by atoms with E-state index in [9.17, 15) is 8.42 Å². The standard InChI is InChI=1S/C23H24N6O3S/c1-13(2)33(30,31)18-10-8-16(9-11-18)19-12-26-21(25)20(27-19)23-29-28-22(32-23)17-6-4-15(5-7-17)14(3)24/h4-14H,24H2,1-3H3,(H2,25,26)/t14-/m1/s1. The van der Waals surface area contributed by atoms with Gasteiger partial charge in [0.25, 0.3) is 5.89 Å². The summed E-state index contributed by atoms with van der Waals surface area (Å²) in [5.74, 6) is 0.587. The second-order valence-electron chi connectivity index (χ2n) is 7.93. The van der Waals surface area contributed by atoms with E-state index in [0.29, 0.717) is 17.1 Å². The van der Waals surface area contributed by atoms with Crippen LogP contribution in [0.25, 0.3) is 34.3 Å². The van der Waals surface area contributed by atoms with E-state index < -0.39 is 15.1 Å². The molecule has 0 saturated carbocycles. The number of hydrogen-bond donors (Lipinski definition) is 2. The maximum absolute atomic E-state index is 12.4. The number of sulfone groups is 1. The predicted octanol–water partition coefficient (Wildman–Crippen LogP) is 3.64. The molecule has 0 spiro atoms. The Hall–Kier alpha value is -3.63. The van der Waals surface area contributed by atoms with Gasteiger partial charge in [0, 0.05) is 17.2 Å². The van der Waals surface area contributed by atoms with Crippen LogP contribution < -0.4 is 11.5 Å². The van der Waals surface area contributed by atoms with Gasteiger partial charge in [0.2, 0.25) is 5.89 Å². The van der Waals surface area contributed by atoms with Gasteiger partial charge in [-0.25, -0.2) is 18.4 Å². The summed E-state index contributed by atoms with van der Waals surface area (Å²) < 4.78 is 30.5. The van der Waals surface area contributed by atoms with Crippen LogP contribution in [0.4, 0.5) is 5.82 Å². The monoisotopic (exact) mass is 464 g/mol. The molecule has 10 heteroatoms. The first-order valence-corrected chi connectivity index (χ1v) is 11.9. The van der Waals surface area contributed by atoms with Crippen LogP contribution in [-0.2, 0) is 9.84 Å². The van der Waals surface area contributed by atoms with E-state index in [1.807, 2.05) is 31.2 Å². The van der Waals surface area contributed by atoms with E-state index in [-0.39, 0.29) is 28.3 Å². The second kappa shape index (κ2) is 8.72. The smallest absolute Gasteiger partial charge is 0.270 e. The molecule has 2 heterocycles. The largest absolute Gasteiger partial charge is 0.414 e. The summed E-state index contributed by atoms with van der Waals surface area (Å²) in [5.41, 5.74) is 15.1. The molecule has 0 amide bonds. The maximum Gasteiger partial charge on any atom is 0.270 e. The van der Waals surface area contributed by atoms with Crippen LogP contribution in [0, 0.1) is 0 Å². The van der Waals surface area contributed by atoms with Crippen molar-refractivity contribution in [2.24, 2.45) is 5.73 Å². The molecule has 4 aromatic rings. The molecule has 170 valence electrons. The third-order valence-electron chi connectivity index (χ3n) is 5.21. The Morgan fingerprint density at radius 3 is 2.09 bits per heavy atom. The molecule has 0 saturated heterocycles. The van der Waals surface area contributed by atoms with Crippen molar-refractivity contribution < 1.29 is 12.8 Å². The average Bonchev–Trinajstić information content (AvgIpc) is 3.29. The highest BCUT2D eigenvalue weighted by molar-refractivity contribution is 7.92. The molecule has 4 N–H and O–H groups in total. The molecule has 4 rings (SSSR count). The number of nitrogens with two attached hydrogens (primary N) is 2. The minimum atomic E-state index is -3.36. The van der Waals surface area contributed by atoms with Gasteiger partial charge in [0.05, 0.1) is 22.0 Å². The Morgan fingerprint density at radius 2 is 1.48 bits per heavy atom. The second-order valence-corrected chi connectivity index (χ2v) is 10.4. The van der Waals surface area contributed by atoms with E-state index in [1.54, 1.807) is 38.1 Å². The van der Waals surface area contributed by atoms with Crippen molar-refractivity contribution >= 4 is 15.7 Å². The third-order valence-corrected chi connectivity index (χ3v) is 7.38. The van der Waals surface area contributed by atoms with E-state index >= 15 is 0 Å². The van der Waals surface area contributed by atoms with E-state index in [2.05, 4.69) is 20.2 Å². The predicted molar refractivity (Wildman–Crippen MR) is 126 cm³/mol. The van der Waals surface area contributed by atoms with Crippen molar-refractivity contribution in [2.45, 2.75) is 37.0 Å². The quantitative estimate of drug-likeness (QED) is 0.435. The van der Waals surface area contributed by atoms with Crippen molar-refractivity contribution in [1.82, 2.24) is 20.2 Å². The summed E-state index contributed by atoms with van der Waals surface area (Å²) in [6, 6.07) is 13.9. The van der Waals surface area contributed by atoms with Gasteiger partial charge in [-0.3, -0.25) is 0 Å². The van der Waals surface area contributed by atoms with Crippen LogP contribution >= 0.6 is 0 Å². The summed E-state index contributed by atoms with van der Waals surface area (Å²) in [6.07, 6.45) is 1.51. The molecular formula is C23H24N6O3S. The highest BCUT2D eigenvalue weighted by Gasteiger charge is 2.20. The van der Waals surface area contributed by atoms with E-state index in [4.69, 9.17) is 15.9 Å². The first kappa shape index (κ1) is 22.6. The minimum absolute atomic E-state index is 0.0744. The zero-order chi connectivity index (χ0) is 23.8. The molecule has 0 aliphatic carbocycles. The van der Waals surface area contributed by atoms with Gasteiger partial charge in [-0.15, -0.1) is 10.2 Å². The topological polar surface area (TPSA) is 151 Å². The van der Waals surface area contributed by atoms with Crippen LogP contribution in [0.2, 0.25) is 0 Å². The highest BCUT2D eigenvalue weighted by atomic mass is 32.2. The van der Waals surface area contributed by atoms with Gasteiger partial charge in [-0.1, -0.05) is 24.3 Å². The van der Waals surface area contributed by atoms with Crippen molar-refractivity contribution in [2.75, 3.05) is 5.73 Å². The number of nitrogens with zero attached hydrogens (tertiary/aromatic N) is 4. The molecule has 2 aromatic carbocycles. The normalized spacial score (nSPS) is 12.8. The molecular weight excluding hydrogens is 440 g/mol. The minimum Gasteiger partial charge on any atom is -0.414 e. The number of anilines is 1. The molecule has 0 radical (unpaired) electrons. The third kappa shape index (κ3) is 4.48. The molecule has 0 fully saturated rings. The van der Waals surface area contributed by atoms with Gasteiger partial charge in [0.15, 0.2) is 21.3 Å². The van der Waals surface area contributed by atoms with Crippen molar-refractivity contribution in [1.29, 1.82) is 0 Å². The van der Waals surface area contributed by atoms with E-state index in [0.717, 1.165) is 11.1 Å². The number of rotatable bonds is 6. The number of hydrogen-bond acceptors (Lipinski definition) is 9. The molecule has 0 aliphatic heterocycles. The summed E-state index contributed by atoms with van der Waals surface area (Å²) in [6.45, 7) is 5.20. The Balaban J connectivity index is 1.65. The molecule has 2 aromatic heterocycles. The lowest BCUT2D eigenvalue weighted by atomic mass is 10.1.